The normalized spacial score (nSPS) is 14.9. The van der Waals surface area contributed by atoms with Crippen molar-refractivity contribution in [2.75, 3.05) is 26.2 Å². The van der Waals surface area contributed by atoms with E-state index in [1.54, 1.807) is 0 Å². The van der Waals surface area contributed by atoms with Gasteiger partial charge < -0.3 is 10.2 Å². The molecule has 0 fully saturated rings. The molecule has 0 radical (unpaired) electrons. The number of halogens is 2. The lowest BCUT2D eigenvalue weighted by atomic mass is 10.3. The molecule has 0 heterocycles. The predicted molar refractivity (Wildman–Crippen MR) is 65.0 cm³/mol. The molecule has 0 aliphatic rings. The molecule has 0 rings (SSSR count). The number of nitrogens with one attached hydrogen (secondary N) is 1. The smallest absolute Gasteiger partial charge is 0.0432 e. The van der Waals surface area contributed by atoms with E-state index in [1.165, 1.54) is 5.54 Å². The molecule has 0 aromatic carbocycles. The molecule has 4 heteroatoms. The van der Waals surface area contributed by atoms with Gasteiger partial charge in [0, 0.05) is 29.7 Å². The summed E-state index contributed by atoms with van der Waals surface area (Å²) in [6, 6.07) is 0.431. The van der Waals surface area contributed by atoms with Crippen molar-refractivity contribution in [2.24, 2.45) is 0 Å². The van der Waals surface area contributed by atoms with E-state index in [9.17, 15) is 0 Å². The monoisotopic (exact) mass is 238 g/mol. The number of hydrogen-bond acceptors (Lipinski definition) is 2. The van der Waals surface area contributed by atoms with Crippen LogP contribution in [0.3, 0.4) is 0 Å². The zero-order valence-electron chi connectivity index (χ0n) is 9.19. The Morgan fingerprint density at radius 3 is 2.43 bits per heavy atom. The SMILES string of the molecule is CCN(CC)CC(C)NCC(Cl)=CCl. The molecule has 0 bridgehead atoms. The van der Waals surface area contributed by atoms with Crippen molar-refractivity contribution in [1.29, 1.82) is 0 Å². The summed E-state index contributed by atoms with van der Waals surface area (Å²) in [5, 5.41) is 3.96. The molecule has 0 aliphatic heterocycles. The zero-order chi connectivity index (χ0) is 11.0. The molecule has 0 saturated carbocycles. The molecule has 0 aliphatic carbocycles. The highest BCUT2D eigenvalue weighted by molar-refractivity contribution is 6.36. The minimum atomic E-state index is 0.431. The minimum Gasteiger partial charge on any atom is -0.308 e. The Balaban J connectivity index is 3.68. The van der Waals surface area contributed by atoms with E-state index in [4.69, 9.17) is 23.2 Å². The van der Waals surface area contributed by atoms with Crippen molar-refractivity contribution in [3.63, 3.8) is 0 Å². The fraction of sp³-hybridized carbons (Fsp3) is 0.800. The molecule has 0 amide bonds. The van der Waals surface area contributed by atoms with Crippen LogP contribution in [0.15, 0.2) is 10.6 Å². The summed E-state index contributed by atoms with van der Waals surface area (Å²) < 4.78 is 0. The first-order chi connectivity index (χ1) is 6.63. The van der Waals surface area contributed by atoms with Crippen LogP contribution in [-0.4, -0.2) is 37.1 Å². The molecule has 1 atom stereocenters. The number of rotatable bonds is 7. The Morgan fingerprint density at radius 1 is 1.43 bits per heavy atom. The third kappa shape index (κ3) is 6.66. The second-order valence-electron chi connectivity index (χ2n) is 3.32. The standard InChI is InChI=1S/C10H20Cl2N2/c1-4-14(5-2)8-9(3)13-7-10(12)6-11/h6,9,13H,4-5,7-8H2,1-3H3. The maximum absolute atomic E-state index is 5.77. The van der Waals surface area contributed by atoms with Gasteiger partial charge >= 0.3 is 0 Å². The van der Waals surface area contributed by atoms with Crippen molar-refractivity contribution in [2.45, 2.75) is 26.8 Å². The predicted octanol–water partition coefficient (Wildman–Crippen LogP) is 2.63. The topological polar surface area (TPSA) is 15.3 Å². The first-order valence-electron chi connectivity index (χ1n) is 5.04. The maximum Gasteiger partial charge on any atom is 0.0432 e. The first-order valence-corrected chi connectivity index (χ1v) is 5.85. The third-order valence-corrected chi connectivity index (χ3v) is 2.78. The molecule has 1 N–H and O–H groups in total. The summed E-state index contributed by atoms with van der Waals surface area (Å²) in [6.07, 6.45) is 0. The van der Waals surface area contributed by atoms with Gasteiger partial charge in [-0.1, -0.05) is 37.0 Å². The van der Waals surface area contributed by atoms with E-state index in [0.29, 0.717) is 17.6 Å². The fourth-order valence-corrected chi connectivity index (χ4v) is 1.40. The van der Waals surface area contributed by atoms with Crippen LogP contribution in [0.1, 0.15) is 20.8 Å². The average molecular weight is 239 g/mol. The van der Waals surface area contributed by atoms with Crippen molar-refractivity contribution in [3.8, 4) is 0 Å². The van der Waals surface area contributed by atoms with E-state index < -0.39 is 0 Å². The summed E-state index contributed by atoms with van der Waals surface area (Å²) in [4.78, 5) is 2.37. The number of nitrogens with zero attached hydrogens (tertiary/aromatic N) is 1. The number of hydrogen-bond donors (Lipinski definition) is 1. The van der Waals surface area contributed by atoms with Crippen LogP contribution < -0.4 is 5.32 Å². The summed E-state index contributed by atoms with van der Waals surface area (Å²) in [5.41, 5.74) is 1.40. The lowest BCUT2D eigenvalue weighted by molar-refractivity contribution is 0.274. The molecule has 0 saturated heterocycles. The summed E-state index contributed by atoms with van der Waals surface area (Å²) in [5.74, 6) is 0. The molecular weight excluding hydrogens is 219 g/mol. The molecule has 0 spiro atoms. The van der Waals surface area contributed by atoms with Crippen LogP contribution in [0.25, 0.3) is 0 Å². The minimum absolute atomic E-state index is 0.431. The largest absolute Gasteiger partial charge is 0.308 e. The van der Waals surface area contributed by atoms with Crippen LogP contribution in [0.2, 0.25) is 0 Å². The molecule has 2 nitrogen and oxygen atoms in total. The summed E-state index contributed by atoms with van der Waals surface area (Å²) in [7, 11) is 0. The molecule has 1 unspecified atom stereocenters. The van der Waals surface area contributed by atoms with Gasteiger partial charge in [0.1, 0.15) is 0 Å². The van der Waals surface area contributed by atoms with Gasteiger partial charge in [-0.25, -0.2) is 0 Å². The van der Waals surface area contributed by atoms with Crippen molar-refractivity contribution in [1.82, 2.24) is 10.2 Å². The van der Waals surface area contributed by atoms with Gasteiger partial charge in [-0.15, -0.1) is 0 Å². The van der Waals surface area contributed by atoms with Gasteiger partial charge in [0.25, 0.3) is 0 Å². The van der Waals surface area contributed by atoms with Gasteiger partial charge in [0.2, 0.25) is 0 Å². The van der Waals surface area contributed by atoms with Crippen LogP contribution in [-0.2, 0) is 0 Å². The van der Waals surface area contributed by atoms with Crippen molar-refractivity contribution < 1.29 is 0 Å². The highest BCUT2D eigenvalue weighted by Gasteiger charge is 2.06. The number of likely N-dealkylation sites (N-methyl/N-ethyl adjacent to an activating group) is 1. The Kier molecular flexibility index (Phi) is 8.69. The molecule has 0 aromatic rings. The van der Waals surface area contributed by atoms with E-state index in [0.717, 1.165) is 19.6 Å². The summed E-state index contributed by atoms with van der Waals surface area (Å²) in [6.45, 7) is 10.3. The first kappa shape index (κ1) is 14.2. The Morgan fingerprint density at radius 2 is 2.00 bits per heavy atom. The highest BCUT2D eigenvalue weighted by Crippen LogP contribution is 2.01. The van der Waals surface area contributed by atoms with Crippen LogP contribution in [0.5, 0.6) is 0 Å². The molecule has 84 valence electrons. The lowest BCUT2D eigenvalue weighted by Gasteiger charge is -2.23. The average Bonchev–Trinajstić information content (AvgIpc) is 2.22. The molecule has 0 aromatic heterocycles. The quantitative estimate of drug-likeness (QED) is 0.734. The second-order valence-corrected chi connectivity index (χ2v) is 4.03. The second kappa shape index (κ2) is 8.54. The van der Waals surface area contributed by atoms with Crippen molar-refractivity contribution in [3.05, 3.63) is 10.6 Å². The van der Waals surface area contributed by atoms with E-state index in [1.807, 2.05) is 0 Å². The highest BCUT2D eigenvalue weighted by atomic mass is 35.5. The fourth-order valence-electron chi connectivity index (χ4n) is 1.24. The Labute approximate surface area is 97.3 Å². The van der Waals surface area contributed by atoms with Gasteiger partial charge in [0.05, 0.1) is 0 Å². The van der Waals surface area contributed by atoms with Gasteiger partial charge in [-0.3, -0.25) is 0 Å². The Bertz CT molecular complexity index is 168. The van der Waals surface area contributed by atoms with Crippen LogP contribution in [0, 0.1) is 0 Å². The van der Waals surface area contributed by atoms with E-state index in [-0.39, 0.29) is 0 Å². The van der Waals surface area contributed by atoms with Crippen LogP contribution >= 0.6 is 23.2 Å². The van der Waals surface area contributed by atoms with Gasteiger partial charge in [-0.2, -0.15) is 0 Å². The molecule has 14 heavy (non-hydrogen) atoms. The molecular formula is C10H20Cl2N2. The third-order valence-electron chi connectivity index (χ3n) is 2.16. The van der Waals surface area contributed by atoms with Gasteiger partial charge in [0.15, 0.2) is 0 Å². The van der Waals surface area contributed by atoms with E-state index in [2.05, 4.69) is 31.0 Å². The van der Waals surface area contributed by atoms with E-state index >= 15 is 0 Å². The van der Waals surface area contributed by atoms with Crippen molar-refractivity contribution >= 4 is 23.2 Å². The van der Waals surface area contributed by atoms with Gasteiger partial charge in [-0.05, 0) is 20.0 Å². The summed E-state index contributed by atoms with van der Waals surface area (Å²) >= 11 is 11.2. The van der Waals surface area contributed by atoms with Crippen LogP contribution in [0.4, 0.5) is 0 Å². The zero-order valence-corrected chi connectivity index (χ0v) is 10.7. The lowest BCUT2D eigenvalue weighted by Crippen LogP contribution is -2.39. The Hall–Kier alpha value is 0.240. The maximum atomic E-state index is 5.77.